The summed E-state index contributed by atoms with van der Waals surface area (Å²) in [5.41, 5.74) is 7.17. The van der Waals surface area contributed by atoms with Crippen LogP contribution >= 0.6 is 22.9 Å². The summed E-state index contributed by atoms with van der Waals surface area (Å²) < 4.78 is 10.5. The number of rotatable bonds is 6. The number of aromatic nitrogens is 1. The zero-order chi connectivity index (χ0) is 18.7. The average Bonchev–Trinajstić information content (AvgIpc) is 3.01. The van der Waals surface area contributed by atoms with E-state index in [1.807, 2.05) is 6.07 Å². The molecule has 0 aliphatic heterocycles. The van der Waals surface area contributed by atoms with E-state index in [0.717, 1.165) is 5.69 Å². The van der Waals surface area contributed by atoms with Gasteiger partial charge >= 0.3 is 0 Å². The number of nitrogen functional groups attached to an aromatic ring is 1. The molecule has 0 amide bonds. The van der Waals surface area contributed by atoms with Gasteiger partial charge in [0.05, 0.1) is 14.2 Å². The van der Waals surface area contributed by atoms with Crippen LogP contribution in [-0.2, 0) is 0 Å². The Kier molecular flexibility index (Phi) is 5.29. The number of nitrogens with one attached hydrogen (secondary N) is 1. The van der Waals surface area contributed by atoms with E-state index in [2.05, 4.69) is 10.3 Å². The Morgan fingerprint density at radius 3 is 2.46 bits per heavy atom. The zero-order valence-electron chi connectivity index (χ0n) is 14.1. The minimum absolute atomic E-state index is 0.179. The number of nitrogens with two attached hydrogens (primary N) is 1. The van der Waals surface area contributed by atoms with Crippen LogP contribution in [0.15, 0.2) is 42.5 Å². The van der Waals surface area contributed by atoms with Gasteiger partial charge in [0.2, 0.25) is 5.78 Å². The largest absolute Gasteiger partial charge is 0.493 e. The van der Waals surface area contributed by atoms with Crippen LogP contribution in [0.25, 0.3) is 0 Å². The molecule has 6 nitrogen and oxygen atoms in total. The molecule has 1 heterocycles. The fourth-order valence-corrected chi connectivity index (χ4v) is 3.31. The SMILES string of the molecule is COc1ccc(Nc2nc(N)c(C(=O)c3ccc(Cl)cc3)s2)cc1OC. The number of halogens is 1. The van der Waals surface area contributed by atoms with Crippen molar-refractivity contribution >= 4 is 45.4 Å². The number of hydrogen-bond donors (Lipinski definition) is 2. The van der Waals surface area contributed by atoms with Gasteiger partial charge in [0, 0.05) is 22.3 Å². The van der Waals surface area contributed by atoms with Crippen molar-refractivity contribution in [3.8, 4) is 11.5 Å². The van der Waals surface area contributed by atoms with E-state index in [-0.39, 0.29) is 11.6 Å². The molecule has 0 bridgehead atoms. The molecule has 0 unspecified atom stereocenters. The predicted octanol–water partition coefficient (Wildman–Crippen LogP) is 4.37. The number of carbonyl (C=O) groups is 1. The monoisotopic (exact) mass is 389 g/mol. The first-order chi connectivity index (χ1) is 12.5. The maximum absolute atomic E-state index is 12.6. The van der Waals surface area contributed by atoms with Crippen LogP contribution in [0.5, 0.6) is 11.5 Å². The number of hydrogen-bond acceptors (Lipinski definition) is 7. The van der Waals surface area contributed by atoms with Crippen LogP contribution in [-0.4, -0.2) is 25.0 Å². The number of ketones is 1. The van der Waals surface area contributed by atoms with Crippen LogP contribution in [0.3, 0.4) is 0 Å². The van der Waals surface area contributed by atoms with Gasteiger partial charge in [0.15, 0.2) is 16.6 Å². The Labute approximate surface area is 159 Å². The van der Waals surface area contributed by atoms with E-state index in [1.165, 1.54) is 11.3 Å². The maximum atomic E-state index is 12.6. The summed E-state index contributed by atoms with van der Waals surface area (Å²) in [6.45, 7) is 0. The van der Waals surface area contributed by atoms with Gasteiger partial charge < -0.3 is 20.5 Å². The molecule has 0 fully saturated rings. The normalized spacial score (nSPS) is 10.4. The van der Waals surface area contributed by atoms with Crippen molar-refractivity contribution in [3.05, 3.63) is 57.9 Å². The number of benzene rings is 2. The van der Waals surface area contributed by atoms with Gasteiger partial charge in [0.1, 0.15) is 10.7 Å². The molecule has 2 aromatic carbocycles. The first-order valence-corrected chi connectivity index (χ1v) is 8.77. The van der Waals surface area contributed by atoms with Crippen molar-refractivity contribution in [2.24, 2.45) is 0 Å². The summed E-state index contributed by atoms with van der Waals surface area (Å²) in [7, 11) is 3.13. The van der Waals surface area contributed by atoms with Gasteiger partial charge in [-0.1, -0.05) is 22.9 Å². The smallest absolute Gasteiger partial charge is 0.206 e. The van der Waals surface area contributed by atoms with E-state index >= 15 is 0 Å². The predicted molar refractivity (Wildman–Crippen MR) is 104 cm³/mol. The third-order valence-corrected chi connectivity index (χ3v) is 4.84. The van der Waals surface area contributed by atoms with Crippen molar-refractivity contribution in [2.45, 2.75) is 0 Å². The first-order valence-electron chi connectivity index (χ1n) is 7.57. The lowest BCUT2D eigenvalue weighted by atomic mass is 10.1. The highest BCUT2D eigenvalue weighted by Crippen LogP contribution is 2.34. The first kappa shape index (κ1) is 18.0. The van der Waals surface area contributed by atoms with Crippen molar-refractivity contribution in [3.63, 3.8) is 0 Å². The lowest BCUT2D eigenvalue weighted by molar-refractivity contribution is 0.104. The molecule has 8 heteroatoms. The Balaban J connectivity index is 1.84. The van der Waals surface area contributed by atoms with Crippen LogP contribution < -0.4 is 20.5 Å². The number of methoxy groups -OCH3 is 2. The molecule has 0 radical (unpaired) electrons. The Bertz CT molecular complexity index is 941. The number of ether oxygens (including phenoxy) is 2. The van der Waals surface area contributed by atoms with E-state index in [1.54, 1.807) is 50.6 Å². The average molecular weight is 390 g/mol. The molecule has 0 aliphatic carbocycles. The van der Waals surface area contributed by atoms with Gasteiger partial charge in [-0.25, -0.2) is 4.98 Å². The van der Waals surface area contributed by atoms with Gasteiger partial charge in [-0.05, 0) is 36.4 Å². The summed E-state index contributed by atoms with van der Waals surface area (Å²) in [6.07, 6.45) is 0. The number of thiazole rings is 1. The third-order valence-electron chi connectivity index (χ3n) is 3.60. The number of anilines is 3. The Hall–Kier alpha value is -2.77. The molecular formula is C18H16ClN3O3S. The van der Waals surface area contributed by atoms with Crippen LogP contribution in [0.4, 0.5) is 16.6 Å². The Morgan fingerprint density at radius 2 is 1.81 bits per heavy atom. The summed E-state index contributed by atoms with van der Waals surface area (Å²) in [6, 6.07) is 12.0. The highest BCUT2D eigenvalue weighted by molar-refractivity contribution is 7.18. The van der Waals surface area contributed by atoms with Crippen molar-refractivity contribution in [1.29, 1.82) is 0 Å². The highest BCUT2D eigenvalue weighted by atomic mass is 35.5. The molecule has 1 aromatic heterocycles. The van der Waals surface area contributed by atoms with Gasteiger partial charge in [-0.3, -0.25) is 4.79 Å². The lowest BCUT2D eigenvalue weighted by Gasteiger charge is -2.09. The molecular weight excluding hydrogens is 374 g/mol. The number of nitrogens with zero attached hydrogens (tertiary/aromatic N) is 1. The molecule has 3 rings (SSSR count). The second kappa shape index (κ2) is 7.63. The summed E-state index contributed by atoms with van der Waals surface area (Å²) in [5, 5.41) is 4.20. The van der Waals surface area contributed by atoms with E-state index in [4.69, 9.17) is 26.8 Å². The van der Waals surface area contributed by atoms with Crippen LogP contribution in [0, 0.1) is 0 Å². The molecule has 0 saturated carbocycles. The molecule has 0 atom stereocenters. The lowest BCUT2D eigenvalue weighted by Crippen LogP contribution is -2.02. The molecule has 3 N–H and O–H groups in total. The molecule has 0 spiro atoms. The standard InChI is InChI=1S/C18H16ClN3O3S/c1-24-13-8-7-12(9-14(13)25-2)21-18-22-17(20)16(26-18)15(23)10-3-5-11(19)6-4-10/h3-9H,20H2,1-2H3,(H,21,22). The number of carbonyl (C=O) groups excluding carboxylic acids is 1. The second-order valence-corrected chi connectivity index (χ2v) is 6.70. The van der Waals surface area contributed by atoms with Gasteiger partial charge in [0.25, 0.3) is 0 Å². The van der Waals surface area contributed by atoms with Crippen LogP contribution in [0.1, 0.15) is 15.2 Å². The van der Waals surface area contributed by atoms with Crippen molar-refractivity contribution in [1.82, 2.24) is 4.98 Å². The van der Waals surface area contributed by atoms with Crippen molar-refractivity contribution in [2.75, 3.05) is 25.3 Å². The summed E-state index contributed by atoms with van der Waals surface area (Å²) in [5.74, 6) is 1.18. The molecule has 134 valence electrons. The Morgan fingerprint density at radius 1 is 1.12 bits per heavy atom. The third kappa shape index (κ3) is 3.74. The quantitative estimate of drug-likeness (QED) is 0.609. The second-order valence-electron chi connectivity index (χ2n) is 5.26. The molecule has 3 aromatic rings. The van der Waals surface area contributed by atoms with Gasteiger partial charge in [-0.2, -0.15) is 0 Å². The molecule has 0 saturated heterocycles. The van der Waals surface area contributed by atoms with E-state index in [9.17, 15) is 4.79 Å². The van der Waals surface area contributed by atoms with E-state index < -0.39 is 0 Å². The highest BCUT2D eigenvalue weighted by Gasteiger charge is 2.18. The topological polar surface area (TPSA) is 86.5 Å². The van der Waals surface area contributed by atoms with Crippen LogP contribution in [0.2, 0.25) is 5.02 Å². The summed E-state index contributed by atoms with van der Waals surface area (Å²) in [4.78, 5) is 17.2. The maximum Gasteiger partial charge on any atom is 0.206 e. The minimum Gasteiger partial charge on any atom is -0.493 e. The zero-order valence-corrected chi connectivity index (χ0v) is 15.6. The van der Waals surface area contributed by atoms with E-state index in [0.29, 0.717) is 32.1 Å². The fourth-order valence-electron chi connectivity index (χ4n) is 2.32. The molecule has 0 aliphatic rings. The minimum atomic E-state index is -0.197. The fraction of sp³-hybridized carbons (Fsp3) is 0.111. The molecule has 26 heavy (non-hydrogen) atoms. The van der Waals surface area contributed by atoms with Crippen molar-refractivity contribution < 1.29 is 14.3 Å². The van der Waals surface area contributed by atoms with Gasteiger partial charge in [-0.15, -0.1) is 0 Å². The summed E-state index contributed by atoms with van der Waals surface area (Å²) >= 11 is 7.04.